The molecular weight excluding hydrogens is 188 g/mol. The third-order valence-corrected chi connectivity index (χ3v) is 2.30. The number of anilines is 2. The number of hydrogen-bond donors (Lipinski definition) is 2. The molecule has 1 aliphatic rings. The van der Waals surface area contributed by atoms with Crippen LogP contribution in [-0.2, 0) is 0 Å². The molecule has 74 valence electrons. The molecule has 15 heavy (non-hydrogen) atoms. The molecule has 2 heterocycles. The first-order valence-electron chi connectivity index (χ1n) is 4.76. The van der Waals surface area contributed by atoms with Crippen LogP contribution in [0.1, 0.15) is 0 Å². The normalized spacial score (nSPS) is 13.5. The molecule has 0 amide bonds. The van der Waals surface area contributed by atoms with Crippen LogP contribution in [0.2, 0.25) is 0 Å². The van der Waals surface area contributed by atoms with Gasteiger partial charge in [0.2, 0.25) is 0 Å². The summed E-state index contributed by atoms with van der Waals surface area (Å²) in [7, 11) is 0. The van der Waals surface area contributed by atoms with Crippen molar-refractivity contribution in [1.29, 1.82) is 0 Å². The lowest BCUT2D eigenvalue weighted by atomic mass is 10.3. The maximum atomic E-state index is 4.35. The Morgan fingerprint density at radius 3 is 2.87 bits per heavy atom. The SMILES string of the molecule is C1=Nc2ccccc2NN1c1ccc[nH]1. The van der Waals surface area contributed by atoms with E-state index in [1.54, 1.807) is 6.34 Å². The van der Waals surface area contributed by atoms with Gasteiger partial charge in [-0.25, -0.2) is 10.0 Å². The summed E-state index contributed by atoms with van der Waals surface area (Å²) in [4.78, 5) is 7.46. The fourth-order valence-electron chi connectivity index (χ4n) is 1.55. The van der Waals surface area contributed by atoms with Gasteiger partial charge in [0.05, 0.1) is 11.4 Å². The van der Waals surface area contributed by atoms with Crippen molar-refractivity contribution < 1.29 is 0 Å². The minimum absolute atomic E-state index is 0.959. The number of rotatable bonds is 1. The molecule has 0 aliphatic carbocycles. The van der Waals surface area contributed by atoms with Crippen LogP contribution in [0.4, 0.5) is 17.2 Å². The number of nitrogens with one attached hydrogen (secondary N) is 2. The summed E-state index contributed by atoms with van der Waals surface area (Å²) in [5.74, 6) is 0.966. The van der Waals surface area contributed by atoms with Crippen molar-refractivity contribution in [1.82, 2.24) is 4.98 Å². The second kappa shape index (κ2) is 3.16. The Hall–Kier alpha value is -2.23. The summed E-state index contributed by atoms with van der Waals surface area (Å²) < 4.78 is 0. The molecule has 0 radical (unpaired) electrons. The van der Waals surface area contributed by atoms with Gasteiger partial charge in [-0.15, -0.1) is 0 Å². The molecule has 4 heteroatoms. The van der Waals surface area contributed by atoms with E-state index < -0.39 is 0 Å². The van der Waals surface area contributed by atoms with E-state index in [0.29, 0.717) is 0 Å². The Balaban J connectivity index is 1.96. The molecule has 0 saturated heterocycles. The second-order valence-corrected chi connectivity index (χ2v) is 3.30. The fourth-order valence-corrected chi connectivity index (χ4v) is 1.55. The molecule has 0 spiro atoms. The molecule has 0 fully saturated rings. The number of hydrogen-bond acceptors (Lipinski definition) is 3. The van der Waals surface area contributed by atoms with E-state index in [1.165, 1.54) is 0 Å². The Labute approximate surface area is 87.2 Å². The van der Waals surface area contributed by atoms with Gasteiger partial charge in [-0.1, -0.05) is 12.1 Å². The van der Waals surface area contributed by atoms with Gasteiger partial charge < -0.3 is 4.98 Å². The number of para-hydroxylation sites is 2. The van der Waals surface area contributed by atoms with Crippen molar-refractivity contribution in [2.75, 3.05) is 10.4 Å². The fraction of sp³-hybridized carbons (Fsp3) is 0. The lowest BCUT2D eigenvalue weighted by Gasteiger charge is -2.24. The van der Waals surface area contributed by atoms with Crippen LogP contribution in [0.3, 0.4) is 0 Å². The maximum Gasteiger partial charge on any atom is 0.131 e. The highest BCUT2D eigenvalue weighted by atomic mass is 15.5. The van der Waals surface area contributed by atoms with Crippen LogP contribution >= 0.6 is 0 Å². The summed E-state index contributed by atoms with van der Waals surface area (Å²) in [5, 5.41) is 1.85. The summed E-state index contributed by atoms with van der Waals surface area (Å²) in [6, 6.07) is 11.9. The van der Waals surface area contributed by atoms with Gasteiger partial charge in [0.15, 0.2) is 0 Å². The largest absolute Gasteiger partial charge is 0.347 e. The minimum atomic E-state index is 0.959. The van der Waals surface area contributed by atoms with Gasteiger partial charge in [0.25, 0.3) is 0 Å². The minimum Gasteiger partial charge on any atom is -0.347 e. The van der Waals surface area contributed by atoms with E-state index in [-0.39, 0.29) is 0 Å². The molecule has 0 unspecified atom stereocenters. The van der Waals surface area contributed by atoms with Gasteiger partial charge in [0.1, 0.15) is 12.2 Å². The summed E-state index contributed by atoms with van der Waals surface area (Å²) in [6.07, 6.45) is 3.64. The Bertz CT molecular complexity index is 487. The van der Waals surface area contributed by atoms with E-state index >= 15 is 0 Å². The van der Waals surface area contributed by atoms with Crippen LogP contribution < -0.4 is 10.4 Å². The van der Waals surface area contributed by atoms with Crippen LogP contribution in [0.15, 0.2) is 47.6 Å². The first kappa shape index (κ1) is 8.11. The summed E-state index contributed by atoms with van der Waals surface area (Å²) in [5.41, 5.74) is 5.22. The average Bonchev–Trinajstić information content (AvgIpc) is 2.82. The first-order chi connectivity index (χ1) is 7.43. The number of benzene rings is 1. The molecular formula is C11H10N4. The van der Waals surface area contributed by atoms with Crippen LogP contribution in [0.5, 0.6) is 0 Å². The van der Waals surface area contributed by atoms with E-state index in [9.17, 15) is 0 Å². The monoisotopic (exact) mass is 198 g/mol. The molecule has 1 aromatic heterocycles. The number of H-pyrrole nitrogens is 1. The number of fused-ring (bicyclic) bond motifs is 1. The summed E-state index contributed by atoms with van der Waals surface area (Å²) >= 11 is 0. The molecule has 0 bridgehead atoms. The lowest BCUT2D eigenvalue weighted by Crippen LogP contribution is -2.30. The molecule has 0 saturated carbocycles. The van der Waals surface area contributed by atoms with Gasteiger partial charge in [0, 0.05) is 6.20 Å². The van der Waals surface area contributed by atoms with E-state index in [1.807, 2.05) is 47.6 Å². The summed E-state index contributed by atoms with van der Waals surface area (Å²) in [6.45, 7) is 0. The molecule has 2 aromatic rings. The molecule has 0 atom stereocenters. The Morgan fingerprint density at radius 1 is 1.07 bits per heavy atom. The topological polar surface area (TPSA) is 43.4 Å². The number of aromatic nitrogens is 1. The van der Waals surface area contributed by atoms with E-state index in [0.717, 1.165) is 17.2 Å². The van der Waals surface area contributed by atoms with Gasteiger partial charge in [-0.2, -0.15) is 0 Å². The van der Waals surface area contributed by atoms with E-state index in [4.69, 9.17) is 0 Å². The lowest BCUT2D eigenvalue weighted by molar-refractivity contribution is 1.15. The predicted octanol–water partition coefficient (Wildman–Crippen LogP) is 2.52. The van der Waals surface area contributed by atoms with Crippen molar-refractivity contribution in [2.45, 2.75) is 0 Å². The molecule has 1 aromatic carbocycles. The molecule has 1 aliphatic heterocycles. The van der Waals surface area contributed by atoms with Crippen LogP contribution in [-0.4, -0.2) is 11.3 Å². The average molecular weight is 198 g/mol. The third kappa shape index (κ3) is 1.36. The van der Waals surface area contributed by atoms with Crippen LogP contribution in [0, 0.1) is 0 Å². The molecule has 3 rings (SSSR count). The molecule has 2 N–H and O–H groups in total. The van der Waals surface area contributed by atoms with Gasteiger partial charge in [-0.3, -0.25) is 5.43 Å². The van der Waals surface area contributed by atoms with Crippen molar-refractivity contribution >= 4 is 23.5 Å². The number of aliphatic imine (C=N–C) groups is 1. The Morgan fingerprint density at radius 2 is 2.00 bits per heavy atom. The predicted molar refractivity (Wildman–Crippen MR) is 61.5 cm³/mol. The Kier molecular flexibility index (Phi) is 1.71. The first-order valence-corrected chi connectivity index (χ1v) is 4.76. The molecule has 4 nitrogen and oxygen atoms in total. The van der Waals surface area contributed by atoms with E-state index in [2.05, 4.69) is 15.4 Å². The smallest absolute Gasteiger partial charge is 0.131 e. The van der Waals surface area contributed by atoms with Crippen molar-refractivity contribution in [3.63, 3.8) is 0 Å². The quantitative estimate of drug-likeness (QED) is 0.739. The highest BCUT2D eigenvalue weighted by molar-refractivity contribution is 5.89. The maximum absolute atomic E-state index is 4.35. The van der Waals surface area contributed by atoms with Gasteiger partial charge in [-0.05, 0) is 24.3 Å². The standard InChI is InChI=1S/C11H10N4/c1-2-5-10-9(4-1)13-8-15(14-10)11-6-3-7-12-11/h1-8,12,14H. The third-order valence-electron chi connectivity index (χ3n) is 2.30. The number of nitrogens with zero attached hydrogens (tertiary/aromatic N) is 2. The van der Waals surface area contributed by atoms with Crippen LogP contribution in [0.25, 0.3) is 0 Å². The highest BCUT2D eigenvalue weighted by Crippen LogP contribution is 2.28. The zero-order valence-corrected chi connectivity index (χ0v) is 8.01. The van der Waals surface area contributed by atoms with Crippen molar-refractivity contribution in [3.8, 4) is 0 Å². The number of hydrazine groups is 1. The van der Waals surface area contributed by atoms with Crippen molar-refractivity contribution in [2.24, 2.45) is 4.99 Å². The second-order valence-electron chi connectivity index (χ2n) is 3.30. The zero-order chi connectivity index (χ0) is 10.1. The van der Waals surface area contributed by atoms with Crippen molar-refractivity contribution in [3.05, 3.63) is 42.6 Å². The zero-order valence-electron chi connectivity index (χ0n) is 8.01. The van der Waals surface area contributed by atoms with Gasteiger partial charge >= 0.3 is 0 Å². The number of aromatic amines is 1. The highest BCUT2D eigenvalue weighted by Gasteiger charge is 2.11.